The van der Waals surface area contributed by atoms with E-state index in [1.165, 1.54) is 32.1 Å². The maximum Gasteiger partial charge on any atom is 0.235 e. The normalized spacial score (nSPS) is 42.6. The van der Waals surface area contributed by atoms with Gasteiger partial charge >= 0.3 is 0 Å². The van der Waals surface area contributed by atoms with Gasteiger partial charge in [-0.25, -0.2) is 0 Å². The number of nitriles is 1. The van der Waals surface area contributed by atoms with Crippen LogP contribution in [0.15, 0.2) is 6.33 Å². The summed E-state index contributed by atoms with van der Waals surface area (Å²) in [6, 6.07) is 2.68. The summed E-state index contributed by atoms with van der Waals surface area (Å²) in [6.07, 6.45) is 8.68. The van der Waals surface area contributed by atoms with Crippen molar-refractivity contribution in [3.05, 3.63) is 12.2 Å². The lowest BCUT2D eigenvalue weighted by molar-refractivity contribution is -0.0295. The molecule has 0 radical (unpaired) electrons. The zero-order valence-electron chi connectivity index (χ0n) is 9.79. The second-order valence-electron chi connectivity index (χ2n) is 6.09. The maximum absolute atomic E-state index is 9.09. The molecule has 4 aliphatic carbocycles. The Labute approximate surface area is 101 Å². The van der Waals surface area contributed by atoms with Crippen molar-refractivity contribution in [3.8, 4) is 6.07 Å². The molecule has 0 amide bonds. The number of aromatic nitrogens is 3. The Bertz CT molecular complexity index is 456. The van der Waals surface area contributed by atoms with Gasteiger partial charge in [-0.1, -0.05) is 0 Å². The second kappa shape index (κ2) is 3.32. The van der Waals surface area contributed by atoms with Gasteiger partial charge in [0.05, 0.1) is 0 Å². The highest BCUT2D eigenvalue weighted by Crippen LogP contribution is 2.58. The highest BCUT2D eigenvalue weighted by atomic mass is 15.3. The summed E-state index contributed by atoms with van der Waals surface area (Å²) >= 11 is 0. The van der Waals surface area contributed by atoms with Crippen molar-refractivity contribution >= 4 is 0 Å². The van der Waals surface area contributed by atoms with Crippen molar-refractivity contribution < 1.29 is 0 Å². The monoisotopic (exact) mass is 228 g/mol. The third-order valence-electron chi connectivity index (χ3n) is 5.17. The largest absolute Gasteiger partial charge is 0.302 e. The molecule has 0 aliphatic heterocycles. The summed E-state index contributed by atoms with van der Waals surface area (Å²) < 4.78 is 2.06. The van der Waals surface area contributed by atoms with E-state index in [1.807, 2.05) is 0 Å². The molecule has 4 aliphatic rings. The molecule has 4 fully saturated rings. The Balaban J connectivity index is 1.73. The lowest BCUT2D eigenvalue weighted by Gasteiger charge is -2.54. The lowest BCUT2D eigenvalue weighted by Crippen LogP contribution is -2.46. The fraction of sp³-hybridized carbons (Fsp3) is 0.769. The van der Waals surface area contributed by atoms with E-state index in [4.69, 9.17) is 5.26 Å². The fourth-order valence-electron chi connectivity index (χ4n) is 4.89. The van der Waals surface area contributed by atoms with Crippen LogP contribution in [0.25, 0.3) is 0 Å². The van der Waals surface area contributed by atoms with Gasteiger partial charge < -0.3 is 4.57 Å². The van der Waals surface area contributed by atoms with E-state index in [9.17, 15) is 0 Å². The third-order valence-corrected chi connectivity index (χ3v) is 5.17. The number of nitrogens with zero attached hydrogens (tertiary/aromatic N) is 4. The van der Waals surface area contributed by atoms with Crippen LogP contribution in [0, 0.1) is 35.0 Å². The van der Waals surface area contributed by atoms with Crippen LogP contribution in [0.1, 0.15) is 44.0 Å². The molecule has 4 heteroatoms. The molecule has 4 bridgehead atoms. The van der Waals surface area contributed by atoms with Crippen LogP contribution in [0.2, 0.25) is 0 Å². The molecule has 1 aromatic rings. The molecule has 0 aromatic carbocycles. The zero-order chi connectivity index (χ0) is 11.4. The van der Waals surface area contributed by atoms with E-state index in [-0.39, 0.29) is 0 Å². The molecular formula is C13H16N4. The molecule has 0 spiro atoms. The molecule has 0 unspecified atom stereocenters. The minimum atomic E-state index is 0.502. The molecule has 0 saturated heterocycles. The Morgan fingerprint density at radius 1 is 1.12 bits per heavy atom. The molecule has 5 rings (SSSR count). The highest BCUT2D eigenvalue weighted by molar-refractivity contribution is 5.12. The quantitative estimate of drug-likeness (QED) is 0.740. The first-order valence-electron chi connectivity index (χ1n) is 6.64. The smallest absolute Gasteiger partial charge is 0.235 e. The summed E-state index contributed by atoms with van der Waals surface area (Å²) in [5.74, 6) is 3.98. The molecular weight excluding hydrogens is 212 g/mol. The first kappa shape index (κ1) is 9.64. The minimum Gasteiger partial charge on any atom is -0.302 e. The molecule has 17 heavy (non-hydrogen) atoms. The SMILES string of the molecule is N#Cc1nncn1C1C2CC3CC(C2)CC1C3. The fourth-order valence-corrected chi connectivity index (χ4v) is 4.89. The van der Waals surface area contributed by atoms with Crippen molar-refractivity contribution in [2.75, 3.05) is 0 Å². The summed E-state index contributed by atoms with van der Waals surface area (Å²) in [6.45, 7) is 0. The third kappa shape index (κ3) is 1.28. The van der Waals surface area contributed by atoms with Crippen molar-refractivity contribution in [2.45, 2.75) is 38.1 Å². The van der Waals surface area contributed by atoms with Gasteiger partial charge in [0.2, 0.25) is 5.82 Å². The number of hydrogen-bond donors (Lipinski definition) is 0. The van der Waals surface area contributed by atoms with Gasteiger partial charge in [0, 0.05) is 6.04 Å². The average Bonchev–Trinajstić information content (AvgIpc) is 2.75. The van der Waals surface area contributed by atoms with Gasteiger partial charge in [0.1, 0.15) is 12.4 Å². The molecule has 0 N–H and O–H groups in total. The van der Waals surface area contributed by atoms with E-state index in [0.717, 1.165) is 23.7 Å². The summed E-state index contributed by atoms with van der Waals surface area (Å²) in [7, 11) is 0. The van der Waals surface area contributed by atoms with E-state index in [0.29, 0.717) is 11.9 Å². The standard InChI is InChI=1S/C13H16N4/c14-6-12-16-15-7-17(12)13-10-2-8-1-9(4-10)5-11(13)3-8/h7-11,13H,1-5H2. The Hall–Kier alpha value is -1.37. The van der Waals surface area contributed by atoms with Crippen LogP contribution in [-0.4, -0.2) is 14.8 Å². The van der Waals surface area contributed by atoms with Gasteiger partial charge in [-0.15, -0.1) is 10.2 Å². The maximum atomic E-state index is 9.09. The van der Waals surface area contributed by atoms with E-state index >= 15 is 0 Å². The number of hydrogen-bond acceptors (Lipinski definition) is 3. The molecule has 1 heterocycles. The second-order valence-corrected chi connectivity index (χ2v) is 6.09. The van der Waals surface area contributed by atoms with Crippen LogP contribution < -0.4 is 0 Å². The summed E-state index contributed by atoms with van der Waals surface area (Å²) in [4.78, 5) is 0. The first-order valence-corrected chi connectivity index (χ1v) is 6.64. The van der Waals surface area contributed by atoms with Gasteiger partial charge in [0.15, 0.2) is 0 Å². The zero-order valence-corrected chi connectivity index (χ0v) is 9.79. The average molecular weight is 228 g/mol. The molecule has 4 saturated carbocycles. The Morgan fingerprint density at radius 2 is 1.76 bits per heavy atom. The minimum absolute atomic E-state index is 0.502. The van der Waals surface area contributed by atoms with Crippen LogP contribution in [-0.2, 0) is 0 Å². The summed E-state index contributed by atoms with van der Waals surface area (Å²) in [5, 5.41) is 16.9. The molecule has 0 atom stereocenters. The predicted octanol–water partition coefficient (Wildman–Crippen LogP) is 2.15. The van der Waals surface area contributed by atoms with Crippen molar-refractivity contribution in [3.63, 3.8) is 0 Å². The van der Waals surface area contributed by atoms with Gasteiger partial charge in [-0.05, 0) is 55.8 Å². The van der Waals surface area contributed by atoms with Gasteiger partial charge in [-0.3, -0.25) is 0 Å². The molecule has 4 nitrogen and oxygen atoms in total. The van der Waals surface area contributed by atoms with Crippen molar-refractivity contribution in [1.29, 1.82) is 5.26 Å². The van der Waals surface area contributed by atoms with E-state index < -0.39 is 0 Å². The number of rotatable bonds is 1. The lowest BCUT2D eigenvalue weighted by atomic mass is 9.54. The van der Waals surface area contributed by atoms with Gasteiger partial charge in [0.25, 0.3) is 0 Å². The molecule has 88 valence electrons. The first-order chi connectivity index (χ1) is 8.35. The van der Waals surface area contributed by atoms with Gasteiger partial charge in [-0.2, -0.15) is 5.26 Å². The van der Waals surface area contributed by atoms with E-state index in [1.54, 1.807) is 6.33 Å². The topological polar surface area (TPSA) is 54.5 Å². The van der Waals surface area contributed by atoms with Crippen LogP contribution >= 0.6 is 0 Å². The van der Waals surface area contributed by atoms with Crippen molar-refractivity contribution in [2.24, 2.45) is 23.7 Å². The summed E-state index contributed by atoms with van der Waals surface area (Å²) in [5.41, 5.74) is 0. The van der Waals surface area contributed by atoms with E-state index in [2.05, 4.69) is 20.8 Å². The Morgan fingerprint density at radius 3 is 2.35 bits per heavy atom. The van der Waals surface area contributed by atoms with Crippen LogP contribution in [0.5, 0.6) is 0 Å². The predicted molar refractivity (Wildman–Crippen MR) is 60.8 cm³/mol. The highest BCUT2D eigenvalue weighted by Gasteiger charge is 2.49. The van der Waals surface area contributed by atoms with Crippen LogP contribution in [0.3, 0.4) is 0 Å². The van der Waals surface area contributed by atoms with Crippen molar-refractivity contribution in [1.82, 2.24) is 14.8 Å². The molecule has 1 aromatic heterocycles. The Kier molecular flexibility index (Phi) is 1.88. The van der Waals surface area contributed by atoms with Crippen LogP contribution in [0.4, 0.5) is 0 Å².